The van der Waals surface area contributed by atoms with E-state index in [2.05, 4.69) is 0 Å². The minimum absolute atomic E-state index is 0.726. The highest BCUT2D eigenvalue weighted by atomic mass is 19.3. The molecule has 0 aromatic heterocycles. The summed E-state index contributed by atoms with van der Waals surface area (Å²) in [6, 6.07) is 0. The summed E-state index contributed by atoms with van der Waals surface area (Å²) in [5.41, 5.74) is -1.72. The fourth-order valence-corrected chi connectivity index (χ4v) is 1.01. The number of alkyl halides is 3. The standard InChI is InChI=1S/C5H7F3O/c6-3-4(9)1-5(7,8)2-4/h9H,1-3H2. The van der Waals surface area contributed by atoms with E-state index in [1.807, 2.05) is 0 Å². The Morgan fingerprint density at radius 2 is 1.78 bits per heavy atom. The number of rotatable bonds is 1. The van der Waals surface area contributed by atoms with Gasteiger partial charge in [0.2, 0.25) is 0 Å². The van der Waals surface area contributed by atoms with Crippen LogP contribution in [0, 0.1) is 0 Å². The lowest BCUT2D eigenvalue weighted by molar-refractivity contribution is -0.210. The molecule has 54 valence electrons. The van der Waals surface area contributed by atoms with Crippen molar-refractivity contribution in [2.24, 2.45) is 0 Å². The van der Waals surface area contributed by atoms with Gasteiger partial charge in [-0.05, 0) is 0 Å². The van der Waals surface area contributed by atoms with Gasteiger partial charge >= 0.3 is 0 Å². The Labute approximate surface area is 50.5 Å². The largest absolute Gasteiger partial charge is 0.387 e. The second-order valence-corrected chi connectivity index (χ2v) is 2.57. The van der Waals surface area contributed by atoms with E-state index >= 15 is 0 Å². The fourth-order valence-electron chi connectivity index (χ4n) is 1.01. The highest BCUT2D eigenvalue weighted by Crippen LogP contribution is 2.45. The SMILES string of the molecule is OC1(CF)CC(F)(F)C1. The van der Waals surface area contributed by atoms with Crippen molar-refractivity contribution in [3.8, 4) is 0 Å². The summed E-state index contributed by atoms with van der Waals surface area (Å²) < 4.78 is 35.4. The fraction of sp³-hybridized carbons (Fsp3) is 1.00. The summed E-state index contributed by atoms with van der Waals surface area (Å²) in [4.78, 5) is 0. The molecule has 1 aliphatic carbocycles. The molecule has 0 radical (unpaired) electrons. The Morgan fingerprint density at radius 1 is 1.33 bits per heavy atom. The van der Waals surface area contributed by atoms with Gasteiger partial charge in [0.05, 0.1) is 0 Å². The second-order valence-electron chi connectivity index (χ2n) is 2.57. The van der Waals surface area contributed by atoms with Crippen molar-refractivity contribution in [1.29, 1.82) is 0 Å². The molecule has 0 aliphatic heterocycles. The molecule has 0 unspecified atom stereocenters. The van der Waals surface area contributed by atoms with Gasteiger partial charge in [-0.3, -0.25) is 0 Å². The smallest absolute Gasteiger partial charge is 0.253 e. The normalized spacial score (nSPS) is 29.3. The van der Waals surface area contributed by atoms with Crippen molar-refractivity contribution >= 4 is 0 Å². The van der Waals surface area contributed by atoms with E-state index in [4.69, 9.17) is 5.11 Å². The molecule has 1 fully saturated rings. The maximum absolute atomic E-state index is 11.9. The summed E-state index contributed by atoms with van der Waals surface area (Å²) >= 11 is 0. The molecule has 1 rings (SSSR count). The molecule has 0 spiro atoms. The zero-order valence-corrected chi connectivity index (χ0v) is 4.70. The molecule has 0 bridgehead atoms. The monoisotopic (exact) mass is 140 g/mol. The van der Waals surface area contributed by atoms with Crippen molar-refractivity contribution in [3.05, 3.63) is 0 Å². The lowest BCUT2D eigenvalue weighted by Crippen LogP contribution is -2.53. The van der Waals surface area contributed by atoms with E-state index in [9.17, 15) is 13.2 Å². The summed E-state index contributed by atoms with van der Waals surface area (Å²) in [5, 5.41) is 8.70. The maximum atomic E-state index is 11.9. The first-order valence-corrected chi connectivity index (χ1v) is 2.64. The van der Waals surface area contributed by atoms with E-state index in [1.54, 1.807) is 0 Å². The Morgan fingerprint density at radius 3 is 1.89 bits per heavy atom. The Bertz CT molecular complexity index is 115. The van der Waals surface area contributed by atoms with Crippen molar-refractivity contribution in [2.45, 2.75) is 24.4 Å². The van der Waals surface area contributed by atoms with Gasteiger partial charge in [0, 0.05) is 12.8 Å². The van der Waals surface area contributed by atoms with E-state index in [1.165, 1.54) is 0 Å². The molecule has 4 heteroatoms. The van der Waals surface area contributed by atoms with Gasteiger partial charge < -0.3 is 5.11 Å². The molecule has 0 aromatic carbocycles. The number of hydrogen-bond donors (Lipinski definition) is 1. The van der Waals surface area contributed by atoms with Gasteiger partial charge in [0.25, 0.3) is 5.92 Å². The van der Waals surface area contributed by atoms with E-state index in [-0.39, 0.29) is 0 Å². The van der Waals surface area contributed by atoms with E-state index < -0.39 is 31.0 Å². The molecule has 1 aliphatic rings. The number of hydrogen-bond acceptors (Lipinski definition) is 1. The Balaban J connectivity index is 2.41. The van der Waals surface area contributed by atoms with Crippen LogP contribution in [-0.2, 0) is 0 Å². The topological polar surface area (TPSA) is 20.2 Å². The Kier molecular flexibility index (Phi) is 1.24. The van der Waals surface area contributed by atoms with E-state index in [0.717, 1.165) is 0 Å². The molecule has 0 atom stereocenters. The summed E-state index contributed by atoms with van der Waals surface area (Å²) in [6.45, 7) is -1.07. The Hall–Kier alpha value is -0.250. The third-order valence-corrected chi connectivity index (χ3v) is 1.42. The van der Waals surface area contributed by atoms with Gasteiger partial charge in [-0.1, -0.05) is 0 Å². The first-order valence-electron chi connectivity index (χ1n) is 2.64. The zero-order valence-electron chi connectivity index (χ0n) is 4.70. The summed E-state index contributed by atoms with van der Waals surface area (Å²) in [5.74, 6) is -2.83. The van der Waals surface area contributed by atoms with Crippen LogP contribution in [0.4, 0.5) is 13.2 Å². The predicted molar refractivity (Wildman–Crippen MR) is 25.1 cm³/mol. The first-order chi connectivity index (χ1) is 3.97. The van der Waals surface area contributed by atoms with Crippen molar-refractivity contribution in [3.63, 3.8) is 0 Å². The van der Waals surface area contributed by atoms with Crippen LogP contribution in [0.1, 0.15) is 12.8 Å². The molecule has 9 heavy (non-hydrogen) atoms. The van der Waals surface area contributed by atoms with Gasteiger partial charge in [0.15, 0.2) is 0 Å². The van der Waals surface area contributed by atoms with Crippen molar-refractivity contribution in [1.82, 2.24) is 0 Å². The quantitative estimate of drug-likeness (QED) is 0.578. The van der Waals surface area contributed by atoms with Gasteiger partial charge in [0.1, 0.15) is 12.3 Å². The highest BCUT2D eigenvalue weighted by Gasteiger charge is 2.55. The first kappa shape index (κ1) is 6.86. The van der Waals surface area contributed by atoms with Crippen LogP contribution in [0.3, 0.4) is 0 Å². The maximum Gasteiger partial charge on any atom is 0.253 e. The van der Waals surface area contributed by atoms with Crippen LogP contribution < -0.4 is 0 Å². The van der Waals surface area contributed by atoms with Crippen molar-refractivity contribution in [2.75, 3.05) is 6.67 Å². The zero-order chi connectivity index (χ0) is 7.12. The molecule has 1 N–H and O–H groups in total. The number of aliphatic hydroxyl groups is 1. The predicted octanol–water partition coefficient (Wildman–Crippen LogP) is 1.12. The third kappa shape index (κ3) is 1.18. The molecule has 0 saturated heterocycles. The average Bonchev–Trinajstić information content (AvgIpc) is 1.61. The van der Waals surface area contributed by atoms with Gasteiger partial charge in [-0.15, -0.1) is 0 Å². The van der Waals surface area contributed by atoms with Crippen LogP contribution in [0.15, 0.2) is 0 Å². The van der Waals surface area contributed by atoms with E-state index in [0.29, 0.717) is 0 Å². The van der Waals surface area contributed by atoms with Crippen LogP contribution >= 0.6 is 0 Å². The summed E-state index contributed by atoms with van der Waals surface area (Å²) in [7, 11) is 0. The third-order valence-electron chi connectivity index (χ3n) is 1.42. The van der Waals surface area contributed by atoms with Gasteiger partial charge in [-0.2, -0.15) is 0 Å². The van der Waals surface area contributed by atoms with Crippen molar-refractivity contribution < 1.29 is 18.3 Å². The van der Waals surface area contributed by atoms with Crippen LogP contribution in [-0.4, -0.2) is 23.3 Å². The molecule has 0 amide bonds. The molecular formula is C5H7F3O. The summed E-state index contributed by atoms with van der Waals surface area (Å²) in [6.07, 6.45) is -1.45. The highest BCUT2D eigenvalue weighted by molar-refractivity contribution is 4.99. The lowest BCUT2D eigenvalue weighted by atomic mass is 9.78. The van der Waals surface area contributed by atoms with Crippen LogP contribution in [0.5, 0.6) is 0 Å². The molecular weight excluding hydrogens is 133 g/mol. The molecule has 0 heterocycles. The van der Waals surface area contributed by atoms with Gasteiger partial charge in [-0.25, -0.2) is 13.2 Å². The van der Waals surface area contributed by atoms with Crippen LogP contribution in [0.25, 0.3) is 0 Å². The number of halogens is 3. The minimum atomic E-state index is -2.83. The molecule has 0 aromatic rings. The second kappa shape index (κ2) is 1.62. The molecule has 1 saturated carbocycles. The molecule has 1 nitrogen and oxygen atoms in total. The minimum Gasteiger partial charge on any atom is -0.387 e. The average molecular weight is 140 g/mol. The van der Waals surface area contributed by atoms with Crippen LogP contribution in [0.2, 0.25) is 0 Å². The lowest BCUT2D eigenvalue weighted by Gasteiger charge is -2.40.